The number of amides is 1. The number of benzene rings is 1. The Bertz CT molecular complexity index is 433. The Balaban J connectivity index is 1.89. The molecule has 0 aromatic heterocycles. The Kier molecular flexibility index (Phi) is 4.80. The maximum Gasteiger partial charge on any atom is 0.260 e. The lowest BCUT2D eigenvalue weighted by Gasteiger charge is -2.23. The van der Waals surface area contributed by atoms with Crippen LogP contribution in [-0.2, 0) is 11.2 Å². The summed E-state index contributed by atoms with van der Waals surface area (Å²) in [7, 11) is 0. The molecule has 1 aliphatic rings. The molecule has 19 heavy (non-hydrogen) atoms. The molecule has 1 fully saturated rings. The van der Waals surface area contributed by atoms with Gasteiger partial charge in [0.05, 0.1) is 12.6 Å². The van der Waals surface area contributed by atoms with E-state index in [0.29, 0.717) is 0 Å². The maximum absolute atomic E-state index is 12.0. The first-order valence-electron chi connectivity index (χ1n) is 6.86. The van der Waals surface area contributed by atoms with Gasteiger partial charge < -0.3 is 14.7 Å². The number of aliphatic hydroxyl groups is 1. The van der Waals surface area contributed by atoms with Gasteiger partial charge in [0.25, 0.3) is 5.91 Å². The first kappa shape index (κ1) is 13.9. The molecule has 4 heteroatoms. The van der Waals surface area contributed by atoms with Gasteiger partial charge in [-0.05, 0) is 37.0 Å². The van der Waals surface area contributed by atoms with Crippen molar-refractivity contribution in [2.75, 3.05) is 19.8 Å². The molecule has 104 valence electrons. The molecule has 0 saturated carbocycles. The molecule has 4 nitrogen and oxygen atoms in total. The molecular weight excluding hydrogens is 242 g/mol. The van der Waals surface area contributed by atoms with Crippen LogP contribution < -0.4 is 4.74 Å². The fourth-order valence-corrected chi connectivity index (χ4v) is 2.44. The number of nitrogens with zero attached hydrogens (tertiary/aromatic N) is 1. The van der Waals surface area contributed by atoms with E-state index in [1.807, 2.05) is 24.3 Å². The van der Waals surface area contributed by atoms with Crippen LogP contribution in [0.25, 0.3) is 0 Å². The molecule has 1 heterocycles. The van der Waals surface area contributed by atoms with Crippen molar-refractivity contribution in [3.05, 3.63) is 29.8 Å². The minimum Gasteiger partial charge on any atom is -0.484 e. The smallest absolute Gasteiger partial charge is 0.260 e. The first-order chi connectivity index (χ1) is 9.24. The largest absolute Gasteiger partial charge is 0.484 e. The van der Waals surface area contributed by atoms with Gasteiger partial charge in [0, 0.05) is 6.54 Å². The van der Waals surface area contributed by atoms with Crippen molar-refractivity contribution in [3.63, 3.8) is 0 Å². The average molecular weight is 263 g/mol. The van der Waals surface area contributed by atoms with Crippen LogP contribution >= 0.6 is 0 Å². The Morgan fingerprint density at radius 1 is 1.53 bits per heavy atom. The van der Waals surface area contributed by atoms with Crippen LogP contribution in [-0.4, -0.2) is 41.7 Å². The lowest BCUT2D eigenvalue weighted by atomic mass is 10.2. The van der Waals surface area contributed by atoms with E-state index in [1.54, 1.807) is 4.90 Å². The summed E-state index contributed by atoms with van der Waals surface area (Å²) < 4.78 is 5.54. The predicted molar refractivity (Wildman–Crippen MR) is 73.1 cm³/mol. The van der Waals surface area contributed by atoms with E-state index in [0.717, 1.165) is 31.6 Å². The molecule has 1 atom stereocenters. The third kappa shape index (κ3) is 3.47. The number of likely N-dealkylation sites (tertiary alicyclic amines) is 1. The standard InChI is InChI=1S/C15H21NO3/c1-2-12-5-3-7-14(9-12)19-11-15(18)16-8-4-6-13(16)10-17/h3,5,7,9,13,17H,2,4,6,8,10-11H2,1H3/t13-/m1/s1. The number of hydrogen-bond acceptors (Lipinski definition) is 3. The lowest BCUT2D eigenvalue weighted by Crippen LogP contribution is -2.40. The second-order valence-electron chi connectivity index (χ2n) is 4.86. The fourth-order valence-electron chi connectivity index (χ4n) is 2.44. The van der Waals surface area contributed by atoms with E-state index in [1.165, 1.54) is 5.56 Å². The number of carbonyl (C=O) groups is 1. The van der Waals surface area contributed by atoms with Gasteiger partial charge in [-0.3, -0.25) is 4.79 Å². The maximum atomic E-state index is 12.0. The van der Waals surface area contributed by atoms with Crippen molar-refractivity contribution in [1.82, 2.24) is 4.90 Å². The summed E-state index contributed by atoms with van der Waals surface area (Å²) in [5.41, 5.74) is 1.19. The molecule has 1 aliphatic heterocycles. The second-order valence-corrected chi connectivity index (χ2v) is 4.86. The monoisotopic (exact) mass is 263 g/mol. The number of rotatable bonds is 5. The van der Waals surface area contributed by atoms with Crippen molar-refractivity contribution in [3.8, 4) is 5.75 Å². The first-order valence-corrected chi connectivity index (χ1v) is 6.86. The molecule has 1 N–H and O–H groups in total. The molecule has 0 unspecified atom stereocenters. The Hall–Kier alpha value is -1.55. The van der Waals surface area contributed by atoms with Crippen LogP contribution in [0.4, 0.5) is 0 Å². The van der Waals surface area contributed by atoms with Crippen LogP contribution in [0.3, 0.4) is 0 Å². The number of ether oxygens (including phenoxy) is 1. The quantitative estimate of drug-likeness (QED) is 0.878. The van der Waals surface area contributed by atoms with E-state index in [2.05, 4.69) is 6.92 Å². The van der Waals surface area contributed by atoms with Gasteiger partial charge in [0.15, 0.2) is 6.61 Å². The molecule has 0 aliphatic carbocycles. The highest BCUT2D eigenvalue weighted by Crippen LogP contribution is 2.18. The Morgan fingerprint density at radius 3 is 3.11 bits per heavy atom. The molecule has 1 aromatic carbocycles. The highest BCUT2D eigenvalue weighted by molar-refractivity contribution is 5.78. The van der Waals surface area contributed by atoms with Gasteiger partial charge in [-0.25, -0.2) is 0 Å². The highest BCUT2D eigenvalue weighted by Gasteiger charge is 2.28. The molecule has 0 radical (unpaired) electrons. The van der Waals surface area contributed by atoms with E-state index < -0.39 is 0 Å². The molecule has 2 rings (SSSR count). The third-order valence-electron chi connectivity index (χ3n) is 3.58. The Morgan fingerprint density at radius 2 is 2.37 bits per heavy atom. The molecule has 1 amide bonds. The van der Waals surface area contributed by atoms with Crippen molar-refractivity contribution in [1.29, 1.82) is 0 Å². The van der Waals surface area contributed by atoms with Gasteiger partial charge in [0.1, 0.15) is 5.75 Å². The van der Waals surface area contributed by atoms with Crippen molar-refractivity contribution < 1.29 is 14.6 Å². The van der Waals surface area contributed by atoms with Gasteiger partial charge in [0.2, 0.25) is 0 Å². The zero-order valence-electron chi connectivity index (χ0n) is 11.3. The number of aryl methyl sites for hydroxylation is 1. The minimum atomic E-state index is -0.0431. The minimum absolute atomic E-state index is 0.0296. The summed E-state index contributed by atoms with van der Waals surface area (Å²) in [6.07, 6.45) is 2.79. The highest BCUT2D eigenvalue weighted by atomic mass is 16.5. The molecule has 1 saturated heterocycles. The van der Waals surface area contributed by atoms with Gasteiger partial charge in [-0.1, -0.05) is 19.1 Å². The van der Waals surface area contributed by atoms with Gasteiger partial charge >= 0.3 is 0 Å². The van der Waals surface area contributed by atoms with Crippen LogP contribution in [0.5, 0.6) is 5.75 Å². The van der Waals surface area contributed by atoms with E-state index in [-0.39, 0.29) is 25.2 Å². The summed E-state index contributed by atoms with van der Waals surface area (Å²) in [6, 6.07) is 7.76. The van der Waals surface area contributed by atoms with Crippen molar-refractivity contribution >= 4 is 5.91 Å². The van der Waals surface area contributed by atoms with Crippen LogP contribution in [0, 0.1) is 0 Å². The number of hydrogen-bond donors (Lipinski definition) is 1. The van der Waals surface area contributed by atoms with E-state index in [4.69, 9.17) is 4.74 Å². The summed E-state index contributed by atoms with van der Waals surface area (Å²) in [5, 5.41) is 9.20. The van der Waals surface area contributed by atoms with E-state index >= 15 is 0 Å². The summed E-state index contributed by atoms with van der Waals surface area (Å²) >= 11 is 0. The summed E-state index contributed by atoms with van der Waals surface area (Å²) in [6.45, 7) is 2.89. The molecular formula is C15H21NO3. The van der Waals surface area contributed by atoms with Crippen LogP contribution in [0.2, 0.25) is 0 Å². The molecule has 0 spiro atoms. The van der Waals surface area contributed by atoms with Crippen molar-refractivity contribution in [2.24, 2.45) is 0 Å². The molecule has 1 aromatic rings. The fraction of sp³-hybridized carbons (Fsp3) is 0.533. The predicted octanol–water partition coefficient (Wildman–Crippen LogP) is 1.61. The number of aliphatic hydroxyl groups excluding tert-OH is 1. The SMILES string of the molecule is CCc1cccc(OCC(=O)N2CCC[C@@H]2CO)c1. The van der Waals surface area contributed by atoms with Gasteiger partial charge in [-0.2, -0.15) is 0 Å². The zero-order valence-corrected chi connectivity index (χ0v) is 11.3. The summed E-state index contributed by atoms with van der Waals surface area (Å²) in [4.78, 5) is 13.8. The van der Waals surface area contributed by atoms with Gasteiger partial charge in [-0.15, -0.1) is 0 Å². The second kappa shape index (κ2) is 6.57. The number of carbonyl (C=O) groups excluding carboxylic acids is 1. The van der Waals surface area contributed by atoms with Crippen molar-refractivity contribution in [2.45, 2.75) is 32.2 Å². The van der Waals surface area contributed by atoms with E-state index in [9.17, 15) is 9.90 Å². The third-order valence-corrected chi connectivity index (χ3v) is 3.58. The molecule has 0 bridgehead atoms. The lowest BCUT2D eigenvalue weighted by molar-refractivity contribution is -0.134. The topological polar surface area (TPSA) is 49.8 Å². The average Bonchev–Trinajstić information content (AvgIpc) is 2.93. The Labute approximate surface area is 114 Å². The van der Waals surface area contributed by atoms with Crippen LogP contribution in [0.15, 0.2) is 24.3 Å². The summed E-state index contributed by atoms with van der Waals surface area (Å²) in [5.74, 6) is 0.686. The van der Waals surface area contributed by atoms with Crippen LogP contribution in [0.1, 0.15) is 25.3 Å². The normalized spacial score (nSPS) is 18.6. The zero-order chi connectivity index (χ0) is 13.7.